The number of hydrogen-bond donors (Lipinski definition) is 1. The zero-order valence-corrected chi connectivity index (χ0v) is 8.87. The summed E-state index contributed by atoms with van der Waals surface area (Å²) in [5.41, 5.74) is 7.28. The van der Waals surface area contributed by atoms with Gasteiger partial charge in [-0.15, -0.1) is 11.3 Å². The van der Waals surface area contributed by atoms with Crippen molar-refractivity contribution in [3.63, 3.8) is 0 Å². The molecular weight excluding hydrogens is 166 g/mol. The van der Waals surface area contributed by atoms with Gasteiger partial charge in [-0.25, -0.2) is 0 Å². The van der Waals surface area contributed by atoms with Gasteiger partial charge in [0.25, 0.3) is 0 Å². The maximum absolute atomic E-state index is 5.67. The molecule has 1 heterocycles. The Balaban J connectivity index is 2.63. The molecule has 2 N–H and O–H groups in total. The van der Waals surface area contributed by atoms with E-state index in [1.54, 1.807) is 0 Å². The Kier molecular flexibility index (Phi) is 2.91. The molecule has 0 aromatic carbocycles. The quantitative estimate of drug-likeness (QED) is 0.766. The highest BCUT2D eigenvalue weighted by Crippen LogP contribution is 2.24. The van der Waals surface area contributed by atoms with Crippen LogP contribution < -0.4 is 5.73 Å². The van der Waals surface area contributed by atoms with Crippen molar-refractivity contribution in [2.75, 3.05) is 6.54 Å². The molecule has 0 amide bonds. The molecule has 2 heteroatoms. The summed E-state index contributed by atoms with van der Waals surface area (Å²) in [5, 5.41) is 2.20. The minimum absolute atomic E-state index is 0.247. The minimum atomic E-state index is 0.247. The topological polar surface area (TPSA) is 26.0 Å². The first kappa shape index (κ1) is 9.75. The molecule has 0 saturated carbocycles. The predicted molar refractivity (Wildman–Crippen MR) is 55.6 cm³/mol. The molecule has 0 aliphatic rings. The molecule has 0 aliphatic heterocycles. The van der Waals surface area contributed by atoms with Gasteiger partial charge >= 0.3 is 0 Å². The maximum atomic E-state index is 5.67. The SMILES string of the molecule is Cc1csc(CC(C)(C)CN)c1. The van der Waals surface area contributed by atoms with E-state index in [0.29, 0.717) is 0 Å². The number of thiophene rings is 1. The molecule has 0 atom stereocenters. The van der Waals surface area contributed by atoms with Gasteiger partial charge in [0, 0.05) is 4.88 Å². The summed E-state index contributed by atoms with van der Waals surface area (Å²) in [7, 11) is 0. The third-order valence-electron chi connectivity index (χ3n) is 1.99. The minimum Gasteiger partial charge on any atom is -0.330 e. The Morgan fingerprint density at radius 1 is 1.50 bits per heavy atom. The van der Waals surface area contributed by atoms with Gasteiger partial charge in [0.15, 0.2) is 0 Å². The van der Waals surface area contributed by atoms with Crippen LogP contribution in [0.5, 0.6) is 0 Å². The van der Waals surface area contributed by atoms with Crippen LogP contribution in [0.1, 0.15) is 24.3 Å². The molecule has 1 aromatic rings. The molecule has 0 spiro atoms. The summed E-state index contributed by atoms with van der Waals surface area (Å²) in [6, 6.07) is 2.25. The van der Waals surface area contributed by atoms with Crippen molar-refractivity contribution < 1.29 is 0 Å². The summed E-state index contributed by atoms with van der Waals surface area (Å²) in [6.45, 7) is 7.31. The zero-order valence-electron chi connectivity index (χ0n) is 8.05. The smallest absolute Gasteiger partial charge is 0.00537 e. The van der Waals surface area contributed by atoms with Crippen molar-refractivity contribution in [3.05, 3.63) is 21.9 Å². The molecule has 1 rings (SSSR count). The predicted octanol–water partition coefficient (Wildman–Crippen LogP) is 2.58. The molecule has 0 bridgehead atoms. The van der Waals surface area contributed by atoms with Crippen LogP contribution in [0.25, 0.3) is 0 Å². The fraction of sp³-hybridized carbons (Fsp3) is 0.600. The van der Waals surface area contributed by atoms with Gasteiger partial charge in [-0.05, 0) is 42.3 Å². The van der Waals surface area contributed by atoms with E-state index in [9.17, 15) is 0 Å². The summed E-state index contributed by atoms with van der Waals surface area (Å²) in [6.07, 6.45) is 1.10. The third-order valence-corrected chi connectivity index (χ3v) is 3.04. The van der Waals surface area contributed by atoms with Crippen LogP contribution in [0.15, 0.2) is 11.4 Å². The Labute approximate surface area is 78.6 Å². The van der Waals surface area contributed by atoms with Crippen LogP contribution in [0.2, 0.25) is 0 Å². The second-order valence-corrected chi connectivity index (χ2v) is 5.13. The average molecular weight is 183 g/mol. The molecule has 0 fully saturated rings. The van der Waals surface area contributed by atoms with E-state index in [1.807, 2.05) is 11.3 Å². The van der Waals surface area contributed by atoms with Gasteiger partial charge in [0.1, 0.15) is 0 Å². The third kappa shape index (κ3) is 2.61. The number of aryl methyl sites for hydroxylation is 1. The summed E-state index contributed by atoms with van der Waals surface area (Å²) < 4.78 is 0. The van der Waals surface area contributed by atoms with Crippen LogP contribution in [0.3, 0.4) is 0 Å². The van der Waals surface area contributed by atoms with Crippen molar-refractivity contribution in [2.45, 2.75) is 27.2 Å². The summed E-state index contributed by atoms with van der Waals surface area (Å²) in [4.78, 5) is 1.45. The van der Waals surface area contributed by atoms with E-state index in [-0.39, 0.29) is 5.41 Å². The van der Waals surface area contributed by atoms with E-state index in [2.05, 4.69) is 32.2 Å². The highest BCUT2D eigenvalue weighted by Gasteiger charge is 2.16. The first-order chi connectivity index (χ1) is 5.53. The first-order valence-electron chi connectivity index (χ1n) is 4.27. The van der Waals surface area contributed by atoms with E-state index in [4.69, 9.17) is 5.73 Å². The second-order valence-electron chi connectivity index (χ2n) is 4.14. The van der Waals surface area contributed by atoms with Gasteiger partial charge < -0.3 is 5.73 Å². The van der Waals surface area contributed by atoms with E-state index < -0.39 is 0 Å². The standard InChI is InChI=1S/C10H17NS/c1-8-4-9(12-6-8)5-10(2,3)7-11/h4,6H,5,7,11H2,1-3H3. The van der Waals surface area contributed by atoms with Crippen LogP contribution in [-0.4, -0.2) is 6.54 Å². The number of hydrogen-bond acceptors (Lipinski definition) is 2. The largest absolute Gasteiger partial charge is 0.330 e. The molecule has 12 heavy (non-hydrogen) atoms. The molecule has 1 nitrogen and oxygen atoms in total. The average Bonchev–Trinajstić information content (AvgIpc) is 2.35. The van der Waals surface area contributed by atoms with Crippen LogP contribution >= 0.6 is 11.3 Å². The lowest BCUT2D eigenvalue weighted by molar-refractivity contribution is 0.379. The van der Waals surface area contributed by atoms with E-state index in [0.717, 1.165) is 13.0 Å². The normalized spacial score (nSPS) is 12.0. The fourth-order valence-corrected chi connectivity index (χ4v) is 2.26. The molecule has 0 unspecified atom stereocenters. The van der Waals surface area contributed by atoms with Crippen molar-refractivity contribution >= 4 is 11.3 Å². The van der Waals surface area contributed by atoms with Gasteiger partial charge in [-0.1, -0.05) is 13.8 Å². The van der Waals surface area contributed by atoms with Crippen molar-refractivity contribution in [1.82, 2.24) is 0 Å². The molecule has 0 saturated heterocycles. The maximum Gasteiger partial charge on any atom is 0.00537 e. The van der Waals surface area contributed by atoms with Crippen molar-refractivity contribution in [1.29, 1.82) is 0 Å². The van der Waals surface area contributed by atoms with Crippen molar-refractivity contribution in [2.24, 2.45) is 11.1 Å². The molecule has 68 valence electrons. The Morgan fingerprint density at radius 2 is 2.17 bits per heavy atom. The summed E-state index contributed by atoms with van der Waals surface area (Å²) >= 11 is 1.84. The van der Waals surface area contributed by atoms with E-state index in [1.165, 1.54) is 10.4 Å². The molecule has 1 aromatic heterocycles. The summed E-state index contributed by atoms with van der Waals surface area (Å²) in [5.74, 6) is 0. The van der Waals surface area contributed by atoms with E-state index >= 15 is 0 Å². The lowest BCUT2D eigenvalue weighted by Gasteiger charge is -2.20. The lowest BCUT2D eigenvalue weighted by atomic mass is 9.89. The van der Waals surface area contributed by atoms with Crippen LogP contribution in [0, 0.1) is 12.3 Å². The molecular formula is C10H17NS. The highest BCUT2D eigenvalue weighted by atomic mass is 32.1. The number of rotatable bonds is 3. The van der Waals surface area contributed by atoms with Gasteiger partial charge in [0.2, 0.25) is 0 Å². The van der Waals surface area contributed by atoms with Gasteiger partial charge in [-0.3, -0.25) is 0 Å². The second kappa shape index (κ2) is 3.58. The monoisotopic (exact) mass is 183 g/mol. The highest BCUT2D eigenvalue weighted by molar-refractivity contribution is 7.10. The van der Waals surface area contributed by atoms with Gasteiger partial charge in [0.05, 0.1) is 0 Å². The Hall–Kier alpha value is -0.340. The lowest BCUT2D eigenvalue weighted by Crippen LogP contribution is -2.25. The Morgan fingerprint density at radius 3 is 2.58 bits per heavy atom. The molecule has 0 aliphatic carbocycles. The van der Waals surface area contributed by atoms with Gasteiger partial charge in [-0.2, -0.15) is 0 Å². The zero-order chi connectivity index (χ0) is 9.19. The Bertz CT molecular complexity index is 250. The van der Waals surface area contributed by atoms with Crippen LogP contribution in [0.4, 0.5) is 0 Å². The molecule has 0 radical (unpaired) electrons. The van der Waals surface area contributed by atoms with Crippen LogP contribution in [-0.2, 0) is 6.42 Å². The number of nitrogens with two attached hydrogens (primary N) is 1. The first-order valence-corrected chi connectivity index (χ1v) is 5.15. The van der Waals surface area contributed by atoms with Crippen molar-refractivity contribution in [3.8, 4) is 0 Å². The fourth-order valence-electron chi connectivity index (χ4n) is 1.13.